The number of nitrogens with zero attached hydrogens (tertiary/aromatic N) is 2. The molecule has 1 fully saturated rings. The summed E-state index contributed by atoms with van der Waals surface area (Å²) >= 11 is 1.02. The van der Waals surface area contributed by atoms with Gasteiger partial charge in [0.05, 0.1) is 21.7 Å². The van der Waals surface area contributed by atoms with Crippen molar-refractivity contribution in [3.8, 4) is 12.1 Å². The van der Waals surface area contributed by atoms with E-state index < -0.39 is 11.9 Å². The fourth-order valence-corrected chi connectivity index (χ4v) is 5.45. The van der Waals surface area contributed by atoms with E-state index in [1.165, 1.54) is 0 Å². The van der Waals surface area contributed by atoms with Crippen molar-refractivity contribution < 1.29 is 19.1 Å². The summed E-state index contributed by atoms with van der Waals surface area (Å²) in [4.78, 5) is 23.3. The molecule has 0 atom stereocenters. The van der Waals surface area contributed by atoms with Gasteiger partial charge in [-0.15, -0.1) is 0 Å². The molecule has 1 aliphatic rings. The second-order valence-electron chi connectivity index (χ2n) is 3.26. The third-order valence-electron chi connectivity index (χ3n) is 1.97. The van der Waals surface area contributed by atoms with Crippen LogP contribution in [0.3, 0.4) is 0 Å². The van der Waals surface area contributed by atoms with E-state index in [1.807, 2.05) is 0 Å². The van der Waals surface area contributed by atoms with E-state index in [4.69, 9.17) is 20.0 Å². The molecule has 0 saturated carbocycles. The van der Waals surface area contributed by atoms with Gasteiger partial charge < -0.3 is 9.47 Å². The summed E-state index contributed by atoms with van der Waals surface area (Å²) in [5.41, 5.74) is -0.258. The maximum atomic E-state index is 11.6. The van der Waals surface area contributed by atoms with Crippen molar-refractivity contribution in [1.29, 1.82) is 10.5 Å². The Balaban J connectivity index is 3.07. The second-order valence-corrected chi connectivity index (χ2v) is 6.95. The quantitative estimate of drug-likeness (QED) is 0.330. The number of ether oxygens (including phenoxy) is 2. The first-order valence-corrected chi connectivity index (χ1v) is 8.70. The first kappa shape index (κ1) is 17.5. The van der Waals surface area contributed by atoms with Gasteiger partial charge in [0, 0.05) is 0 Å². The van der Waals surface area contributed by atoms with Gasteiger partial charge in [-0.1, -0.05) is 11.8 Å². The summed E-state index contributed by atoms with van der Waals surface area (Å²) in [6.07, 6.45) is 0. The monoisotopic (exact) mass is 342 g/mol. The smallest absolute Gasteiger partial charge is 0.350 e. The number of carbonyl (C=O) groups is 2. The summed E-state index contributed by atoms with van der Waals surface area (Å²) in [5.74, 6) is -1.43. The van der Waals surface area contributed by atoms with Gasteiger partial charge >= 0.3 is 11.9 Å². The Morgan fingerprint density at radius 2 is 1.33 bits per heavy atom. The standard InChI is InChI=1S/C12H10N2O4S3/c1-3-17-9(15)7(5-13)11-19-12(21-20-11)8(6-14)10(16)18-4-2/h3-4H2,1-2H3/b11-7+,12-8+. The van der Waals surface area contributed by atoms with Crippen LogP contribution in [-0.2, 0) is 19.1 Å². The number of hydrogen-bond acceptors (Lipinski definition) is 9. The van der Waals surface area contributed by atoms with Crippen molar-refractivity contribution in [1.82, 2.24) is 0 Å². The van der Waals surface area contributed by atoms with Crippen LogP contribution < -0.4 is 0 Å². The van der Waals surface area contributed by atoms with E-state index in [1.54, 1.807) is 26.0 Å². The number of rotatable bonds is 4. The second kappa shape index (κ2) is 8.67. The highest BCUT2D eigenvalue weighted by Gasteiger charge is 2.29. The molecule has 0 aromatic rings. The molecule has 1 saturated heterocycles. The van der Waals surface area contributed by atoms with E-state index in [0.717, 1.165) is 33.3 Å². The molecule has 9 heteroatoms. The van der Waals surface area contributed by atoms with Crippen molar-refractivity contribution in [2.45, 2.75) is 13.8 Å². The molecule has 1 heterocycles. The van der Waals surface area contributed by atoms with Crippen LogP contribution in [0.5, 0.6) is 0 Å². The van der Waals surface area contributed by atoms with Crippen molar-refractivity contribution in [3.63, 3.8) is 0 Å². The summed E-state index contributed by atoms with van der Waals surface area (Å²) in [5, 5.41) is 18.1. The lowest BCUT2D eigenvalue weighted by Gasteiger charge is -2.02. The lowest BCUT2D eigenvalue weighted by Crippen LogP contribution is -2.07. The van der Waals surface area contributed by atoms with Crippen LogP contribution >= 0.6 is 33.3 Å². The number of hydrogen-bond donors (Lipinski definition) is 0. The fraction of sp³-hybridized carbons (Fsp3) is 0.333. The first-order valence-electron chi connectivity index (χ1n) is 5.74. The Hall–Kier alpha value is -1.55. The molecule has 0 aliphatic carbocycles. The number of thioether (sulfide) groups is 1. The maximum absolute atomic E-state index is 11.6. The van der Waals surface area contributed by atoms with Gasteiger partial charge in [0.25, 0.3) is 0 Å². The molecule has 1 aliphatic heterocycles. The minimum atomic E-state index is -0.716. The lowest BCUT2D eigenvalue weighted by molar-refractivity contribution is -0.138. The summed E-state index contributed by atoms with van der Waals surface area (Å²) < 4.78 is 10.4. The number of carbonyl (C=O) groups excluding carboxylic acids is 2. The molecule has 21 heavy (non-hydrogen) atoms. The Morgan fingerprint density at radius 3 is 1.62 bits per heavy atom. The van der Waals surface area contributed by atoms with Gasteiger partial charge in [0.1, 0.15) is 12.1 Å². The van der Waals surface area contributed by atoms with Crippen LogP contribution in [0.1, 0.15) is 13.8 Å². The van der Waals surface area contributed by atoms with Crippen molar-refractivity contribution in [2.24, 2.45) is 0 Å². The highest BCUT2D eigenvalue weighted by molar-refractivity contribution is 8.86. The highest BCUT2D eigenvalue weighted by Crippen LogP contribution is 2.59. The summed E-state index contributed by atoms with van der Waals surface area (Å²) in [6.45, 7) is 3.60. The molecule has 0 amide bonds. The molecule has 110 valence electrons. The zero-order chi connectivity index (χ0) is 15.8. The normalized spacial score (nSPS) is 18.3. The van der Waals surface area contributed by atoms with Crippen LogP contribution in [-0.4, -0.2) is 25.2 Å². The largest absolute Gasteiger partial charge is 0.462 e. The molecule has 0 N–H and O–H groups in total. The van der Waals surface area contributed by atoms with E-state index >= 15 is 0 Å². The molecule has 0 radical (unpaired) electrons. The van der Waals surface area contributed by atoms with Gasteiger partial charge in [-0.2, -0.15) is 10.5 Å². The third-order valence-corrected chi connectivity index (χ3v) is 6.43. The zero-order valence-corrected chi connectivity index (χ0v) is 13.6. The van der Waals surface area contributed by atoms with Crippen LogP contribution in [0.25, 0.3) is 0 Å². The summed E-state index contributed by atoms with van der Waals surface area (Å²) in [6, 6.07) is 3.58. The van der Waals surface area contributed by atoms with Crippen molar-refractivity contribution in [3.05, 3.63) is 19.6 Å². The van der Waals surface area contributed by atoms with E-state index in [-0.39, 0.29) is 24.4 Å². The molecular formula is C12H10N2O4S3. The molecule has 0 bridgehead atoms. The SMILES string of the molecule is CCOC(=O)/C(C#N)=C1/SS/C(=C(\C#N)C(=O)OCC)S1. The minimum absolute atomic E-state index is 0.129. The van der Waals surface area contributed by atoms with Gasteiger partial charge in [-0.05, 0) is 35.4 Å². The van der Waals surface area contributed by atoms with Crippen LogP contribution in [0.15, 0.2) is 19.6 Å². The van der Waals surface area contributed by atoms with Crippen LogP contribution in [0.4, 0.5) is 0 Å². The van der Waals surface area contributed by atoms with Crippen molar-refractivity contribution in [2.75, 3.05) is 13.2 Å². The van der Waals surface area contributed by atoms with E-state index in [0.29, 0.717) is 8.47 Å². The molecular weight excluding hydrogens is 332 g/mol. The lowest BCUT2D eigenvalue weighted by atomic mass is 10.3. The summed E-state index contributed by atoms with van der Waals surface area (Å²) in [7, 11) is 2.27. The molecule has 1 rings (SSSR count). The topological polar surface area (TPSA) is 100 Å². The van der Waals surface area contributed by atoms with Crippen LogP contribution in [0.2, 0.25) is 0 Å². The third kappa shape index (κ3) is 4.46. The Kier molecular flexibility index (Phi) is 7.23. The van der Waals surface area contributed by atoms with Gasteiger partial charge in [0.2, 0.25) is 0 Å². The zero-order valence-electron chi connectivity index (χ0n) is 11.2. The maximum Gasteiger partial charge on any atom is 0.350 e. The van der Waals surface area contributed by atoms with E-state index in [9.17, 15) is 9.59 Å². The highest BCUT2D eigenvalue weighted by atomic mass is 33.1. The number of esters is 2. The molecule has 0 spiro atoms. The predicted molar refractivity (Wildman–Crippen MR) is 81.3 cm³/mol. The molecule has 0 aromatic heterocycles. The van der Waals surface area contributed by atoms with Crippen LogP contribution in [0, 0.1) is 22.7 Å². The van der Waals surface area contributed by atoms with E-state index in [2.05, 4.69) is 0 Å². The minimum Gasteiger partial charge on any atom is -0.462 e. The predicted octanol–water partition coefficient (Wildman–Crippen LogP) is 2.71. The first-order chi connectivity index (χ1) is 10.1. The molecule has 6 nitrogen and oxygen atoms in total. The van der Waals surface area contributed by atoms with Crippen molar-refractivity contribution >= 4 is 45.3 Å². The Bertz CT molecular complexity index is 547. The van der Waals surface area contributed by atoms with Gasteiger partial charge in [-0.25, -0.2) is 9.59 Å². The average Bonchev–Trinajstić information content (AvgIpc) is 2.90. The Morgan fingerprint density at radius 1 is 0.952 bits per heavy atom. The Labute approximate surface area is 133 Å². The van der Waals surface area contributed by atoms with Gasteiger partial charge in [0.15, 0.2) is 11.1 Å². The molecule has 0 aromatic carbocycles. The average molecular weight is 342 g/mol. The number of nitriles is 2. The van der Waals surface area contributed by atoms with Gasteiger partial charge in [-0.3, -0.25) is 0 Å². The molecule has 0 unspecified atom stereocenters. The fourth-order valence-electron chi connectivity index (χ4n) is 1.14.